The second-order valence-corrected chi connectivity index (χ2v) is 19.1. The molecule has 63 heavy (non-hydrogen) atoms. The van der Waals surface area contributed by atoms with Crippen molar-refractivity contribution in [2.24, 2.45) is 29.1 Å². The fraction of sp³-hybridized carbons (Fsp3) is 0.600. The van der Waals surface area contributed by atoms with Crippen LogP contribution in [-0.4, -0.2) is 149 Å². The first-order valence-electron chi connectivity index (χ1n) is 22.7. The normalized spacial score (nSPS) is 25.3. The second-order valence-electron chi connectivity index (χ2n) is 19.1. The summed E-state index contributed by atoms with van der Waals surface area (Å²) in [6, 6.07) is 10.7. The molecule has 1 heterocycles. The predicted octanol–water partition coefficient (Wildman–Crippen LogP) is 5.39. The minimum Gasteiger partial charge on any atom is -0.491 e. The highest BCUT2D eigenvalue weighted by atomic mass is 16.7. The maximum atomic E-state index is 14.5. The van der Waals surface area contributed by atoms with Crippen LogP contribution < -0.4 is 20.3 Å². The van der Waals surface area contributed by atoms with Crippen molar-refractivity contribution in [3.63, 3.8) is 0 Å². The molecule has 2 aromatic rings. The lowest BCUT2D eigenvalue weighted by Crippen LogP contribution is -2.62. The third-order valence-electron chi connectivity index (χ3n) is 13.7. The van der Waals surface area contributed by atoms with Gasteiger partial charge in [0.25, 0.3) is 5.91 Å². The number of benzene rings is 2. The lowest BCUT2D eigenvalue weighted by molar-refractivity contribution is -0.183. The van der Waals surface area contributed by atoms with Crippen molar-refractivity contribution in [2.75, 3.05) is 86.7 Å². The number of nitrogens with zero attached hydrogens (tertiary/aromatic N) is 4. The Morgan fingerprint density at radius 1 is 1.06 bits per heavy atom. The number of aliphatic hydroxyl groups is 2. The highest BCUT2D eigenvalue weighted by Gasteiger charge is 2.57. The zero-order valence-electron chi connectivity index (χ0n) is 39.5. The third-order valence-corrected chi connectivity index (χ3v) is 13.7. The van der Waals surface area contributed by atoms with Crippen LogP contribution in [0.5, 0.6) is 5.75 Å². The number of methoxy groups -OCH3 is 1. The molecule has 4 N–H and O–H groups in total. The first-order valence-corrected chi connectivity index (χ1v) is 22.7. The molecule has 0 spiro atoms. The SMILES string of the molecule is C=C/C=C\C=C\C[C@@H](CN(C)C)NC(=O)c1cc(-c2cccc(CN3O[C@@H](CO)[C@@H]([C@H](C)O)[C@H]3C(=O)N[C@H]3C[C@H]4CC([C@@H]3C)C4(C)C)c2OCCN(C)CCOC)cc(N(C)C)c1. The summed E-state index contributed by atoms with van der Waals surface area (Å²) in [5, 5.41) is 30.0. The van der Waals surface area contributed by atoms with Gasteiger partial charge in [0.05, 0.1) is 25.9 Å². The number of carbonyl (C=O) groups is 2. The van der Waals surface area contributed by atoms with E-state index < -0.39 is 24.2 Å². The number of nitrogens with one attached hydrogen (secondary N) is 2. The Morgan fingerprint density at radius 3 is 2.44 bits per heavy atom. The molecule has 4 fully saturated rings. The van der Waals surface area contributed by atoms with E-state index in [1.54, 1.807) is 25.2 Å². The van der Waals surface area contributed by atoms with E-state index in [-0.39, 0.29) is 42.5 Å². The number of anilines is 1. The van der Waals surface area contributed by atoms with Gasteiger partial charge in [-0.2, -0.15) is 5.06 Å². The van der Waals surface area contributed by atoms with E-state index in [1.807, 2.05) is 101 Å². The Balaban J connectivity index is 1.51. The second kappa shape index (κ2) is 22.7. The fourth-order valence-corrected chi connectivity index (χ4v) is 9.93. The Bertz CT molecular complexity index is 1900. The molecule has 4 aliphatic rings. The van der Waals surface area contributed by atoms with Crippen molar-refractivity contribution in [2.45, 2.75) is 83.8 Å². The zero-order valence-corrected chi connectivity index (χ0v) is 39.5. The summed E-state index contributed by atoms with van der Waals surface area (Å²) in [7, 11) is 11.6. The maximum absolute atomic E-state index is 14.5. The molecule has 1 unspecified atom stereocenters. The topological polar surface area (TPSA) is 139 Å². The smallest absolute Gasteiger partial charge is 0.251 e. The molecule has 348 valence electrons. The molecule has 2 bridgehead atoms. The summed E-state index contributed by atoms with van der Waals surface area (Å²) in [6.07, 6.45) is 10.6. The summed E-state index contributed by atoms with van der Waals surface area (Å²) in [4.78, 5) is 41.3. The molecular formula is C50H76N6O7. The zero-order chi connectivity index (χ0) is 46.0. The summed E-state index contributed by atoms with van der Waals surface area (Å²) in [6.45, 7) is 15.0. The van der Waals surface area contributed by atoms with Crippen LogP contribution in [0, 0.1) is 29.1 Å². The van der Waals surface area contributed by atoms with Gasteiger partial charge in [0.1, 0.15) is 24.5 Å². The highest BCUT2D eigenvalue weighted by Crippen LogP contribution is 2.61. The molecule has 13 nitrogen and oxygen atoms in total. The van der Waals surface area contributed by atoms with Crippen LogP contribution in [0.2, 0.25) is 0 Å². The molecule has 3 saturated carbocycles. The molecule has 1 aliphatic heterocycles. The predicted molar refractivity (Wildman–Crippen MR) is 252 cm³/mol. The maximum Gasteiger partial charge on any atom is 0.251 e. The van der Waals surface area contributed by atoms with Crippen LogP contribution in [-0.2, 0) is 20.9 Å². The van der Waals surface area contributed by atoms with E-state index in [9.17, 15) is 19.8 Å². The average molecular weight is 873 g/mol. The molecular weight excluding hydrogens is 797 g/mol. The van der Waals surface area contributed by atoms with E-state index in [0.29, 0.717) is 61.8 Å². The highest BCUT2D eigenvalue weighted by molar-refractivity contribution is 5.97. The summed E-state index contributed by atoms with van der Waals surface area (Å²) < 4.78 is 12.1. The third kappa shape index (κ3) is 12.4. The van der Waals surface area contributed by atoms with Gasteiger partial charge in [0.15, 0.2) is 0 Å². The number of hydrogen-bond donors (Lipinski definition) is 4. The quantitative estimate of drug-likeness (QED) is 0.107. The molecule has 1 saturated heterocycles. The Morgan fingerprint density at radius 2 is 1.81 bits per heavy atom. The summed E-state index contributed by atoms with van der Waals surface area (Å²) in [5.41, 5.74) is 3.93. The van der Waals surface area contributed by atoms with Crippen molar-refractivity contribution >= 4 is 17.5 Å². The van der Waals surface area contributed by atoms with Crippen LogP contribution in [0.15, 0.2) is 73.4 Å². The van der Waals surface area contributed by atoms with Crippen molar-refractivity contribution in [1.82, 2.24) is 25.5 Å². The van der Waals surface area contributed by atoms with E-state index in [4.69, 9.17) is 14.3 Å². The van der Waals surface area contributed by atoms with Gasteiger partial charge in [-0.05, 0) is 94.3 Å². The average Bonchev–Trinajstić information content (AvgIpc) is 3.62. The summed E-state index contributed by atoms with van der Waals surface area (Å²) >= 11 is 0. The fourth-order valence-electron chi connectivity index (χ4n) is 9.93. The number of carbonyl (C=O) groups excluding carboxylic acids is 2. The standard InChI is InChI=1S/C50H76N6O7/c1-12-13-14-15-16-19-39(31-53(6)7)51-48(59)37-25-36(26-40(27-37)54(8)9)41-20-17-18-35(47(41)62-24-22-55(10)21-23-61-11)30-56-46(45(34(3)58)44(32-57)63-56)49(60)52-43-29-38-28-42(33(43)2)50(38,4)5/h12-18,20,25-27,33-34,38-39,42-46,57-58H,1,19,21-24,28-32H2,2-11H3,(H,51,59)(H,52,60)/b14-13-,16-15+/t33-,34-,38+,39-,42?,43-,44-,45+,46-/m0/s1. The lowest BCUT2D eigenvalue weighted by atomic mass is 9.45. The van der Waals surface area contributed by atoms with Crippen molar-refractivity contribution in [3.8, 4) is 16.9 Å². The van der Waals surface area contributed by atoms with Crippen LogP contribution in [0.4, 0.5) is 5.69 Å². The number of likely N-dealkylation sites (N-methyl/N-ethyl adjacent to an activating group) is 2. The van der Waals surface area contributed by atoms with E-state index in [2.05, 4.69) is 47.8 Å². The monoisotopic (exact) mass is 873 g/mol. The molecule has 2 amide bonds. The van der Waals surface area contributed by atoms with Crippen LogP contribution in [0.1, 0.15) is 62.9 Å². The lowest BCUT2D eigenvalue weighted by Gasteiger charge is -2.62. The minimum absolute atomic E-state index is 0.0146. The molecule has 0 aromatic heterocycles. The molecule has 3 aliphatic carbocycles. The number of hydroxylamine groups is 2. The molecule has 0 radical (unpaired) electrons. The van der Waals surface area contributed by atoms with E-state index in [1.165, 1.54) is 6.42 Å². The number of para-hydroxylation sites is 1. The van der Waals surface area contributed by atoms with E-state index in [0.717, 1.165) is 35.3 Å². The number of rotatable bonds is 23. The van der Waals surface area contributed by atoms with Gasteiger partial charge in [-0.15, -0.1) is 0 Å². The molecule has 13 heteroatoms. The number of fused-ring (bicyclic) bond motifs is 2. The van der Waals surface area contributed by atoms with Gasteiger partial charge in [0, 0.05) is 81.2 Å². The summed E-state index contributed by atoms with van der Waals surface area (Å²) in [5.74, 6) is 0.926. The molecule has 9 atom stereocenters. The number of allylic oxidation sites excluding steroid dienone is 4. The Kier molecular flexibility index (Phi) is 18.0. The van der Waals surface area contributed by atoms with Gasteiger partial charge >= 0.3 is 0 Å². The number of amides is 2. The van der Waals surface area contributed by atoms with Crippen molar-refractivity contribution in [3.05, 3.63) is 84.5 Å². The largest absolute Gasteiger partial charge is 0.491 e. The Hall–Kier alpha value is -4.08. The number of hydrogen-bond acceptors (Lipinski definition) is 11. The molecule has 2 aromatic carbocycles. The Labute approximate surface area is 377 Å². The first kappa shape index (κ1) is 49.9. The van der Waals surface area contributed by atoms with Gasteiger partial charge in [-0.25, -0.2) is 0 Å². The van der Waals surface area contributed by atoms with Gasteiger partial charge in [0.2, 0.25) is 5.91 Å². The van der Waals surface area contributed by atoms with Crippen LogP contribution in [0.3, 0.4) is 0 Å². The van der Waals surface area contributed by atoms with Crippen LogP contribution >= 0.6 is 0 Å². The van der Waals surface area contributed by atoms with Gasteiger partial charge in [-0.1, -0.05) is 75.9 Å². The van der Waals surface area contributed by atoms with Gasteiger partial charge < -0.3 is 45.0 Å². The van der Waals surface area contributed by atoms with Crippen molar-refractivity contribution < 1.29 is 34.1 Å². The van der Waals surface area contributed by atoms with Crippen LogP contribution in [0.25, 0.3) is 11.1 Å². The molecule has 6 rings (SSSR count). The van der Waals surface area contributed by atoms with Gasteiger partial charge in [-0.3, -0.25) is 14.4 Å². The number of aliphatic hydroxyl groups excluding tert-OH is 2. The van der Waals surface area contributed by atoms with E-state index >= 15 is 0 Å². The minimum atomic E-state index is -0.926. The number of ether oxygens (including phenoxy) is 2. The first-order chi connectivity index (χ1) is 30.0. The van der Waals surface area contributed by atoms with Crippen molar-refractivity contribution in [1.29, 1.82) is 0 Å².